The molecule has 1 atom stereocenters. The fourth-order valence-electron chi connectivity index (χ4n) is 1.69. The first-order chi connectivity index (χ1) is 6.73. The van der Waals surface area contributed by atoms with Crippen molar-refractivity contribution >= 4 is 6.29 Å². The van der Waals surface area contributed by atoms with Gasteiger partial charge in [0.15, 0.2) is 0 Å². The zero-order chi connectivity index (χ0) is 10.0. The van der Waals surface area contributed by atoms with Crippen LogP contribution >= 0.6 is 0 Å². The maximum atomic E-state index is 10.4. The van der Waals surface area contributed by atoms with Gasteiger partial charge in [-0.05, 0) is 11.6 Å². The largest absolute Gasteiger partial charge is 0.490 e. The van der Waals surface area contributed by atoms with Crippen LogP contribution in [0.4, 0.5) is 0 Å². The van der Waals surface area contributed by atoms with Crippen molar-refractivity contribution in [2.45, 2.75) is 18.4 Å². The van der Waals surface area contributed by atoms with Gasteiger partial charge in [0.05, 0.1) is 0 Å². The summed E-state index contributed by atoms with van der Waals surface area (Å²) in [5.41, 5.74) is -0.0566. The summed E-state index contributed by atoms with van der Waals surface area (Å²) in [6.45, 7) is 0.197. The molecule has 1 aromatic carbocycles. The van der Waals surface area contributed by atoms with Crippen LogP contribution in [0.5, 0.6) is 5.75 Å². The number of carbonyl (C=O) groups is 1. The molecule has 0 aromatic heterocycles. The smallest absolute Gasteiger partial charge is 0.123 e. The summed E-state index contributed by atoms with van der Waals surface area (Å²) in [5, 5.41) is 9.96. The van der Waals surface area contributed by atoms with E-state index in [-0.39, 0.29) is 13.0 Å². The normalized spacial score (nSPS) is 24.9. The number of aliphatic hydroxyl groups is 1. The first-order valence-corrected chi connectivity index (χ1v) is 4.60. The lowest BCUT2D eigenvalue weighted by Crippen LogP contribution is -2.41. The number of rotatable bonds is 2. The minimum absolute atomic E-state index is 0.126. The van der Waals surface area contributed by atoms with Gasteiger partial charge in [0, 0.05) is 12.8 Å². The summed E-state index contributed by atoms with van der Waals surface area (Å²) in [7, 11) is 0. The molecule has 0 spiro atoms. The van der Waals surface area contributed by atoms with Gasteiger partial charge in [-0.3, -0.25) is 0 Å². The second-order valence-corrected chi connectivity index (χ2v) is 3.67. The molecule has 3 nitrogen and oxygen atoms in total. The van der Waals surface area contributed by atoms with Crippen LogP contribution in [0, 0.1) is 0 Å². The van der Waals surface area contributed by atoms with Crippen LogP contribution < -0.4 is 4.74 Å². The fourth-order valence-corrected chi connectivity index (χ4v) is 1.69. The number of aldehydes is 1. The number of para-hydroxylation sites is 1. The van der Waals surface area contributed by atoms with E-state index in [2.05, 4.69) is 0 Å². The van der Waals surface area contributed by atoms with Gasteiger partial charge in [0.2, 0.25) is 0 Å². The molecule has 0 aliphatic carbocycles. The lowest BCUT2D eigenvalue weighted by atomic mass is 9.90. The maximum absolute atomic E-state index is 10.4. The summed E-state index contributed by atoms with van der Waals surface area (Å²) in [4.78, 5) is 10.4. The van der Waals surface area contributed by atoms with Crippen LogP contribution in [0.2, 0.25) is 0 Å². The zero-order valence-corrected chi connectivity index (χ0v) is 7.77. The molecular formula is C11H12O3. The monoisotopic (exact) mass is 192 g/mol. The SMILES string of the molecule is O=CCC1(O)COc2ccccc2C1. The predicted octanol–water partition coefficient (Wildman–Crippen LogP) is 0.942. The summed E-state index contributed by atoms with van der Waals surface area (Å²) < 4.78 is 5.38. The second kappa shape index (κ2) is 3.42. The average Bonchev–Trinajstić information content (AvgIpc) is 2.17. The Balaban J connectivity index is 2.24. The van der Waals surface area contributed by atoms with Gasteiger partial charge in [-0.1, -0.05) is 18.2 Å². The van der Waals surface area contributed by atoms with E-state index in [4.69, 9.17) is 4.74 Å². The van der Waals surface area contributed by atoms with Gasteiger partial charge >= 0.3 is 0 Å². The molecule has 0 saturated carbocycles. The molecule has 1 aliphatic rings. The molecule has 1 aliphatic heterocycles. The van der Waals surface area contributed by atoms with Crippen LogP contribution in [0.15, 0.2) is 24.3 Å². The summed E-state index contributed by atoms with van der Waals surface area (Å²) in [5.74, 6) is 0.808. The fraction of sp³-hybridized carbons (Fsp3) is 0.364. The third-order valence-corrected chi connectivity index (χ3v) is 2.45. The lowest BCUT2D eigenvalue weighted by Gasteiger charge is -2.31. The number of benzene rings is 1. The number of hydrogen-bond acceptors (Lipinski definition) is 3. The Hall–Kier alpha value is -1.35. The molecule has 1 heterocycles. The van der Waals surface area contributed by atoms with Crippen molar-refractivity contribution in [1.82, 2.24) is 0 Å². The van der Waals surface area contributed by atoms with Crippen molar-refractivity contribution in [2.75, 3.05) is 6.61 Å². The quantitative estimate of drug-likeness (QED) is 0.709. The van der Waals surface area contributed by atoms with E-state index in [1.807, 2.05) is 24.3 Å². The van der Waals surface area contributed by atoms with Crippen molar-refractivity contribution in [1.29, 1.82) is 0 Å². The minimum atomic E-state index is -1.02. The third-order valence-electron chi connectivity index (χ3n) is 2.45. The van der Waals surface area contributed by atoms with E-state index in [1.54, 1.807) is 0 Å². The summed E-state index contributed by atoms with van der Waals surface area (Å²) in [6.07, 6.45) is 1.35. The van der Waals surface area contributed by atoms with Crippen LogP contribution in [0.1, 0.15) is 12.0 Å². The number of fused-ring (bicyclic) bond motifs is 1. The van der Waals surface area contributed by atoms with E-state index in [9.17, 15) is 9.90 Å². The highest BCUT2D eigenvalue weighted by Crippen LogP contribution is 2.30. The predicted molar refractivity (Wildman–Crippen MR) is 51.3 cm³/mol. The van der Waals surface area contributed by atoms with Gasteiger partial charge in [-0.15, -0.1) is 0 Å². The highest BCUT2D eigenvalue weighted by molar-refractivity contribution is 5.52. The van der Waals surface area contributed by atoms with Gasteiger partial charge in [-0.25, -0.2) is 0 Å². The first kappa shape index (κ1) is 9.21. The Kier molecular flexibility index (Phi) is 2.25. The molecule has 1 N–H and O–H groups in total. The molecule has 14 heavy (non-hydrogen) atoms. The molecule has 3 heteroatoms. The Morgan fingerprint density at radius 3 is 3.07 bits per heavy atom. The molecule has 0 amide bonds. The molecule has 74 valence electrons. The Bertz CT molecular complexity index is 348. The lowest BCUT2D eigenvalue weighted by molar-refractivity contribution is -0.114. The van der Waals surface area contributed by atoms with E-state index in [1.165, 1.54) is 0 Å². The van der Waals surface area contributed by atoms with Crippen molar-refractivity contribution < 1.29 is 14.6 Å². The van der Waals surface area contributed by atoms with Crippen LogP contribution in [-0.4, -0.2) is 23.6 Å². The molecule has 0 radical (unpaired) electrons. The van der Waals surface area contributed by atoms with Crippen LogP contribution in [0.25, 0.3) is 0 Å². The molecule has 1 unspecified atom stereocenters. The van der Waals surface area contributed by atoms with Crippen molar-refractivity contribution in [3.8, 4) is 5.75 Å². The van der Waals surface area contributed by atoms with Gasteiger partial charge < -0.3 is 14.6 Å². The number of ether oxygens (including phenoxy) is 1. The Morgan fingerprint density at radius 1 is 1.50 bits per heavy atom. The standard InChI is InChI=1S/C11H12O3/c12-6-5-11(13)7-9-3-1-2-4-10(9)14-8-11/h1-4,6,13H,5,7-8H2. The molecule has 0 saturated heterocycles. The van der Waals surface area contributed by atoms with Crippen LogP contribution in [0.3, 0.4) is 0 Å². The summed E-state index contributed by atoms with van der Waals surface area (Å²) in [6, 6.07) is 7.57. The topological polar surface area (TPSA) is 46.5 Å². The van der Waals surface area contributed by atoms with Gasteiger partial charge in [-0.2, -0.15) is 0 Å². The average molecular weight is 192 g/mol. The highest BCUT2D eigenvalue weighted by Gasteiger charge is 2.32. The zero-order valence-electron chi connectivity index (χ0n) is 7.77. The molecule has 1 aromatic rings. The molecule has 0 fully saturated rings. The second-order valence-electron chi connectivity index (χ2n) is 3.67. The molecular weight excluding hydrogens is 180 g/mol. The van der Waals surface area contributed by atoms with E-state index in [0.29, 0.717) is 6.42 Å². The van der Waals surface area contributed by atoms with E-state index < -0.39 is 5.60 Å². The third kappa shape index (κ3) is 1.63. The maximum Gasteiger partial charge on any atom is 0.123 e. The van der Waals surface area contributed by atoms with Crippen molar-refractivity contribution in [3.63, 3.8) is 0 Å². The van der Waals surface area contributed by atoms with E-state index >= 15 is 0 Å². The van der Waals surface area contributed by atoms with Crippen molar-refractivity contribution in [2.24, 2.45) is 0 Å². The Labute approximate surface area is 82.3 Å². The van der Waals surface area contributed by atoms with E-state index in [0.717, 1.165) is 17.6 Å². The minimum Gasteiger partial charge on any atom is -0.490 e. The van der Waals surface area contributed by atoms with Crippen molar-refractivity contribution in [3.05, 3.63) is 29.8 Å². The van der Waals surface area contributed by atoms with Gasteiger partial charge in [0.25, 0.3) is 0 Å². The molecule has 0 bridgehead atoms. The highest BCUT2D eigenvalue weighted by atomic mass is 16.5. The van der Waals surface area contributed by atoms with Crippen LogP contribution in [-0.2, 0) is 11.2 Å². The summed E-state index contributed by atoms with van der Waals surface area (Å²) >= 11 is 0. The number of carbonyl (C=O) groups excluding carboxylic acids is 1. The van der Waals surface area contributed by atoms with Gasteiger partial charge in [0.1, 0.15) is 24.2 Å². The number of hydrogen-bond donors (Lipinski definition) is 1. The molecule has 2 rings (SSSR count). The Morgan fingerprint density at radius 2 is 2.29 bits per heavy atom. The first-order valence-electron chi connectivity index (χ1n) is 4.60.